The first-order chi connectivity index (χ1) is 13.6. The molecule has 0 aromatic rings. The lowest BCUT2D eigenvalue weighted by Gasteiger charge is -2.52. The van der Waals surface area contributed by atoms with Crippen molar-refractivity contribution in [3.63, 3.8) is 0 Å². The molecule has 0 aliphatic carbocycles. The van der Waals surface area contributed by atoms with Gasteiger partial charge in [-0.25, -0.2) is 0 Å². The predicted octanol–water partition coefficient (Wildman–Crippen LogP) is 7.86. The van der Waals surface area contributed by atoms with Crippen LogP contribution in [-0.4, -0.2) is 46.7 Å². The van der Waals surface area contributed by atoms with Gasteiger partial charge in [-0.3, -0.25) is 4.79 Å². The molecular formula is C24H54O4Si3. The molecule has 2 atom stereocenters. The fourth-order valence-electron chi connectivity index (χ4n) is 4.28. The molecule has 0 radical (unpaired) electrons. The van der Waals surface area contributed by atoms with Crippen LogP contribution in [0.1, 0.15) is 81.1 Å². The van der Waals surface area contributed by atoms with Crippen molar-refractivity contribution in [3.8, 4) is 0 Å². The van der Waals surface area contributed by atoms with Crippen LogP contribution in [0.5, 0.6) is 0 Å². The fraction of sp³-hybridized carbons (Fsp3) is 0.958. The summed E-state index contributed by atoms with van der Waals surface area (Å²) in [7, 11) is -5.93. The lowest BCUT2D eigenvalue weighted by molar-refractivity contribution is -0.147. The van der Waals surface area contributed by atoms with Gasteiger partial charge in [0, 0.05) is 5.73 Å². The van der Waals surface area contributed by atoms with E-state index in [0.29, 0.717) is 12.1 Å². The van der Waals surface area contributed by atoms with Gasteiger partial charge in [-0.15, -0.1) is 0 Å². The van der Waals surface area contributed by atoms with Crippen molar-refractivity contribution in [3.05, 3.63) is 0 Å². The predicted molar refractivity (Wildman–Crippen MR) is 143 cm³/mol. The summed E-state index contributed by atoms with van der Waals surface area (Å²) in [6.07, 6.45) is 4.05. The maximum Gasteiger partial charge on any atom is 0.309 e. The second kappa shape index (κ2) is 10.5. The highest BCUT2D eigenvalue weighted by Crippen LogP contribution is 2.52. The van der Waals surface area contributed by atoms with Crippen LogP contribution >= 0.6 is 0 Å². The van der Waals surface area contributed by atoms with Gasteiger partial charge in [-0.1, -0.05) is 59.2 Å². The largest absolute Gasteiger partial charge is 0.481 e. The van der Waals surface area contributed by atoms with Crippen molar-refractivity contribution in [2.75, 3.05) is 0 Å². The molecule has 0 rings (SSSR count). The van der Waals surface area contributed by atoms with Crippen LogP contribution in [0, 0.1) is 5.41 Å². The Balaban J connectivity index is 5.72. The first kappa shape index (κ1) is 31.0. The van der Waals surface area contributed by atoms with Crippen LogP contribution in [0.2, 0.25) is 50.4 Å². The zero-order valence-corrected chi connectivity index (χ0v) is 26.3. The summed E-state index contributed by atoms with van der Waals surface area (Å²) in [4.78, 5) is 11.8. The highest BCUT2D eigenvalue weighted by atomic mass is 28.4. The van der Waals surface area contributed by atoms with E-state index in [4.69, 9.17) is 8.85 Å². The molecule has 7 heteroatoms. The van der Waals surface area contributed by atoms with Crippen molar-refractivity contribution in [1.29, 1.82) is 0 Å². The maximum atomic E-state index is 11.8. The van der Waals surface area contributed by atoms with E-state index in [1.807, 2.05) is 13.8 Å². The van der Waals surface area contributed by atoms with E-state index >= 15 is 0 Å². The van der Waals surface area contributed by atoms with Gasteiger partial charge in [0.15, 0.2) is 8.32 Å². The van der Waals surface area contributed by atoms with Gasteiger partial charge in [0.25, 0.3) is 0 Å². The average Bonchev–Trinajstić information content (AvgIpc) is 2.57. The number of carboxylic acids is 1. The molecule has 31 heavy (non-hydrogen) atoms. The minimum atomic E-state index is -2.27. The van der Waals surface area contributed by atoms with E-state index in [-0.39, 0.29) is 10.3 Å². The number of rotatable bonds is 14. The molecule has 0 aliphatic heterocycles. The molecule has 0 amide bonds. The topological polar surface area (TPSA) is 55.8 Å². The highest BCUT2D eigenvalue weighted by Gasteiger charge is 2.54. The molecule has 0 bridgehead atoms. The van der Waals surface area contributed by atoms with E-state index in [1.54, 1.807) is 0 Å². The number of aliphatic carboxylic acids is 1. The molecule has 0 spiro atoms. The van der Waals surface area contributed by atoms with Crippen molar-refractivity contribution >= 4 is 30.7 Å². The van der Waals surface area contributed by atoms with Crippen LogP contribution < -0.4 is 0 Å². The number of hydrogen-bond acceptors (Lipinski definition) is 3. The first-order valence-electron chi connectivity index (χ1n) is 12.2. The molecule has 0 aromatic heterocycles. The first-order valence-corrected chi connectivity index (χ1v) is 21.3. The molecule has 0 aliphatic rings. The van der Waals surface area contributed by atoms with Gasteiger partial charge in [-0.05, 0) is 72.3 Å². The maximum absolute atomic E-state index is 11.8. The number of unbranched alkanes of at least 4 members (excludes halogenated alkanes) is 1. The summed E-state index contributed by atoms with van der Waals surface area (Å²) in [5.74, 6) is -0.734. The summed E-state index contributed by atoms with van der Waals surface area (Å²) in [6.45, 7) is 31.1. The fourth-order valence-corrected chi connectivity index (χ4v) is 14.3. The molecule has 0 heterocycles. The zero-order chi connectivity index (χ0) is 25.1. The van der Waals surface area contributed by atoms with Crippen molar-refractivity contribution in [2.24, 2.45) is 5.41 Å². The van der Waals surface area contributed by atoms with E-state index in [2.05, 4.69) is 80.8 Å². The monoisotopic (exact) mass is 490 g/mol. The lowest BCUT2D eigenvalue weighted by Crippen LogP contribution is -2.63. The number of hydrogen-bond donors (Lipinski definition) is 1. The number of carboxylic acid groups (broad SMARTS) is 1. The Kier molecular flexibility index (Phi) is 10.5. The smallest absolute Gasteiger partial charge is 0.309 e. The molecule has 0 saturated carbocycles. The van der Waals surface area contributed by atoms with Crippen LogP contribution in [0.3, 0.4) is 0 Å². The van der Waals surface area contributed by atoms with Crippen LogP contribution in [-0.2, 0) is 13.6 Å². The highest BCUT2D eigenvalue weighted by molar-refractivity contribution is 6.82. The van der Waals surface area contributed by atoms with E-state index in [1.165, 1.54) is 18.9 Å². The molecule has 1 N–H and O–H groups in total. The second-order valence-corrected chi connectivity index (χ2v) is 26.9. The summed E-state index contributed by atoms with van der Waals surface area (Å²) in [5.41, 5.74) is -0.466. The zero-order valence-electron chi connectivity index (χ0n) is 23.3. The molecular weight excluding hydrogens is 437 g/mol. The quantitative estimate of drug-likeness (QED) is 0.252. The molecule has 0 saturated heterocycles. The molecule has 0 aromatic carbocycles. The van der Waals surface area contributed by atoms with Gasteiger partial charge in [0.1, 0.15) is 0 Å². The van der Waals surface area contributed by atoms with Gasteiger partial charge in [-0.2, -0.15) is 0 Å². The van der Waals surface area contributed by atoms with Crippen LogP contribution in [0.25, 0.3) is 0 Å². The number of carbonyl (C=O) groups is 1. The Morgan fingerprint density at radius 3 is 1.81 bits per heavy atom. The van der Waals surface area contributed by atoms with Gasteiger partial charge in [0.2, 0.25) is 8.32 Å². The van der Waals surface area contributed by atoms with E-state index in [9.17, 15) is 9.90 Å². The Hall–Kier alpha value is 0.0406. The van der Waals surface area contributed by atoms with Gasteiger partial charge < -0.3 is 14.0 Å². The third-order valence-electron chi connectivity index (χ3n) is 8.35. The van der Waals surface area contributed by atoms with E-state index < -0.39 is 36.1 Å². The molecule has 186 valence electrons. The third kappa shape index (κ3) is 7.80. The van der Waals surface area contributed by atoms with Crippen molar-refractivity contribution < 1.29 is 18.8 Å². The summed E-state index contributed by atoms with van der Waals surface area (Å²) in [5, 5.41) is 9.24. The summed E-state index contributed by atoms with van der Waals surface area (Å²) >= 11 is 0. The molecule has 0 fully saturated rings. The Morgan fingerprint density at radius 2 is 1.42 bits per heavy atom. The summed E-state index contributed by atoms with van der Waals surface area (Å²) in [6, 6.07) is 1.30. The minimum Gasteiger partial charge on any atom is -0.481 e. The summed E-state index contributed by atoms with van der Waals surface area (Å²) < 4.78 is 14.0. The lowest BCUT2D eigenvalue weighted by atomic mass is 9.82. The second-order valence-electron chi connectivity index (χ2n) is 12.8. The SMILES string of the molecule is CCCC[Si](C)(C)C(C)O[Si](C)(C)C(C)(C)O[Si](C)(C)C(C)(CC)CC(C)(C)C(=O)O. The van der Waals surface area contributed by atoms with Crippen LogP contribution in [0.15, 0.2) is 0 Å². The van der Waals surface area contributed by atoms with Crippen molar-refractivity contribution in [1.82, 2.24) is 0 Å². The Morgan fingerprint density at radius 1 is 0.935 bits per heavy atom. The normalized spacial score (nSPS) is 17.4. The van der Waals surface area contributed by atoms with Crippen LogP contribution in [0.4, 0.5) is 0 Å². The van der Waals surface area contributed by atoms with Crippen molar-refractivity contribution in [2.45, 2.75) is 142 Å². The Labute approximate surface area is 197 Å². The van der Waals surface area contributed by atoms with Gasteiger partial charge >= 0.3 is 5.97 Å². The minimum absolute atomic E-state index is 0.141. The molecule has 4 nitrogen and oxygen atoms in total. The van der Waals surface area contributed by atoms with Gasteiger partial charge in [0.05, 0.1) is 18.7 Å². The molecule has 2 unspecified atom stereocenters. The third-order valence-corrected chi connectivity index (χ3v) is 21.2. The van der Waals surface area contributed by atoms with E-state index in [0.717, 1.165) is 6.42 Å². The Bertz CT molecular complexity index is 600. The average molecular weight is 491 g/mol. The standard InChI is InChI=1S/C24H54O4Si3/c1-15-17-18-29(9,10)20(3)27-30(11,12)23(6,7)28-31(13,14)24(8,16-2)19-22(4,5)21(25)26/h20H,15-19H2,1-14H3,(H,25,26).